The number of nitrogens with zero attached hydrogens (tertiary/aromatic N) is 4. The molecular weight excluding hydrogens is 414 g/mol. The van der Waals surface area contributed by atoms with Crippen molar-refractivity contribution in [1.82, 2.24) is 19.0 Å². The summed E-state index contributed by atoms with van der Waals surface area (Å²) in [5, 5.41) is 0.804. The van der Waals surface area contributed by atoms with Gasteiger partial charge in [0.25, 0.3) is 0 Å². The number of carbonyl (C=O) groups is 1. The lowest BCUT2D eigenvalue weighted by atomic mass is 9.99. The molecule has 5 rings (SSSR count). The third-order valence-electron chi connectivity index (χ3n) is 6.81. The Morgan fingerprint density at radius 1 is 1.06 bits per heavy atom. The van der Waals surface area contributed by atoms with Crippen LogP contribution >= 0.6 is 0 Å². The van der Waals surface area contributed by atoms with Crippen LogP contribution in [0.2, 0.25) is 0 Å². The highest BCUT2D eigenvalue weighted by Crippen LogP contribution is 2.30. The number of primary amides is 1. The van der Waals surface area contributed by atoms with E-state index < -0.39 is 5.91 Å². The Kier molecular flexibility index (Phi) is 5.50. The smallest absolute Gasteiger partial charge is 0.329 e. The first-order valence-corrected chi connectivity index (χ1v) is 11.6. The molecule has 2 N–H and O–H groups in total. The Hall–Kier alpha value is -3.45. The van der Waals surface area contributed by atoms with Crippen LogP contribution in [-0.4, -0.2) is 38.0 Å². The van der Waals surface area contributed by atoms with Gasteiger partial charge < -0.3 is 5.73 Å². The van der Waals surface area contributed by atoms with Gasteiger partial charge in [0.1, 0.15) is 0 Å². The predicted octanol–water partition coefficient (Wildman–Crippen LogP) is 3.48. The average Bonchev–Trinajstić information content (AvgIpc) is 3.39. The van der Waals surface area contributed by atoms with Crippen LogP contribution in [0.1, 0.15) is 47.8 Å². The summed E-state index contributed by atoms with van der Waals surface area (Å²) in [6, 6.07) is 15.9. The topological polar surface area (TPSA) is 86.1 Å². The lowest BCUT2D eigenvalue weighted by molar-refractivity contribution is 0.100. The number of nitrogens with two attached hydrogens (primary N) is 1. The van der Waals surface area contributed by atoms with E-state index in [4.69, 9.17) is 10.7 Å². The van der Waals surface area contributed by atoms with E-state index in [1.54, 1.807) is 0 Å². The Labute approximate surface area is 192 Å². The number of benzene rings is 2. The number of hydrogen-bond acceptors (Lipinski definition) is 4. The number of hydrogen-bond donors (Lipinski definition) is 1. The van der Waals surface area contributed by atoms with Gasteiger partial charge >= 0.3 is 5.69 Å². The summed E-state index contributed by atoms with van der Waals surface area (Å²) < 4.78 is 3.68. The normalized spacial score (nSPS) is 16.7. The monoisotopic (exact) mass is 443 g/mol. The van der Waals surface area contributed by atoms with Crippen molar-refractivity contribution >= 4 is 27.8 Å². The van der Waals surface area contributed by atoms with Crippen molar-refractivity contribution in [2.24, 2.45) is 5.73 Å². The lowest BCUT2D eigenvalue weighted by Gasteiger charge is -2.17. The lowest BCUT2D eigenvalue weighted by Crippen LogP contribution is -2.23. The first kappa shape index (κ1) is 21.4. The van der Waals surface area contributed by atoms with Crippen LogP contribution in [0.3, 0.4) is 0 Å². The quantitative estimate of drug-likeness (QED) is 0.494. The summed E-state index contributed by atoms with van der Waals surface area (Å²) >= 11 is 0. The van der Waals surface area contributed by atoms with Gasteiger partial charge in [0.2, 0.25) is 5.91 Å². The molecule has 33 heavy (non-hydrogen) atoms. The molecular formula is C26H29N5O2. The summed E-state index contributed by atoms with van der Waals surface area (Å²) in [5.74, 6) is -0.162. The SMILES string of the molecule is CCn1c(=O)n(CC)c2cc(CN3CC[C@@H](c4cc(C(N)=O)c5ccccc5n4)C3)ccc21. The zero-order valence-electron chi connectivity index (χ0n) is 19.1. The minimum Gasteiger partial charge on any atom is -0.366 e. The number of aromatic nitrogens is 3. The van der Waals surface area contributed by atoms with Gasteiger partial charge in [-0.3, -0.25) is 23.8 Å². The molecule has 2 aromatic carbocycles. The van der Waals surface area contributed by atoms with Crippen molar-refractivity contribution in [2.75, 3.05) is 13.1 Å². The Morgan fingerprint density at radius 3 is 2.58 bits per heavy atom. The van der Waals surface area contributed by atoms with E-state index in [2.05, 4.69) is 23.1 Å². The molecule has 0 unspecified atom stereocenters. The maximum Gasteiger partial charge on any atom is 0.329 e. The first-order chi connectivity index (χ1) is 16.0. The molecule has 0 spiro atoms. The number of para-hydroxylation sites is 1. The van der Waals surface area contributed by atoms with Gasteiger partial charge in [-0.05, 0) is 56.6 Å². The highest BCUT2D eigenvalue weighted by molar-refractivity contribution is 6.05. The highest BCUT2D eigenvalue weighted by atomic mass is 16.2. The molecule has 1 fully saturated rings. The number of imidazole rings is 1. The molecule has 2 aromatic heterocycles. The van der Waals surface area contributed by atoms with E-state index in [0.717, 1.165) is 53.7 Å². The van der Waals surface area contributed by atoms with Crippen molar-refractivity contribution in [3.05, 3.63) is 75.8 Å². The molecule has 0 saturated carbocycles. The van der Waals surface area contributed by atoms with Crippen LogP contribution in [0.15, 0.2) is 53.3 Å². The maximum absolute atomic E-state index is 12.7. The molecule has 4 aromatic rings. The molecule has 170 valence electrons. The maximum atomic E-state index is 12.7. The molecule has 0 aliphatic carbocycles. The summed E-state index contributed by atoms with van der Waals surface area (Å²) in [6.45, 7) is 7.99. The number of amides is 1. The van der Waals surface area contributed by atoms with E-state index in [1.165, 1.54) is 5.56 Å². The van der Waals surface area contributed by atoms with Gasteiger partial charge in [-0.2, -0.15) is 0 Å². The summed E-state index contributed by atoms with van der Waals surface area (Å²) in [7, 11) is 0. The van der Waals surface area contributed by atoms with Crippen LogP contribution in [0.25, 0.3) is 21.9 Å². The third kappa shape index (κ3) is 3.72. The zero-order chi connectivity index (χ0) is 23.1. The van der Waals surface area contributed by atoms with Gasteiger partial charge in [-0.25, -0.2) is 4.79 Å². The molecule has 1 aliphatic heterocycles. The van der Waals surface area contributed by atoms with E-state index in [9.17, 15) is 9.59 Å². The fourth-order valence-electron chi connectivity index (χ4n) is 5.16. The summed E-state index contributed by atoms with van der Waals surface area (Å²) in [5.41, 5.74) is 11.2. The molecule has 1 amide bonds. The fourth-order valence-corrected chi connectivity index (χ4v) is 5.16. The molecule has 0 radical (unpaired) electrons. The zero-order valence-corrected chi connectivity index (χ0v) is 19.1. The third-order valence-corrected chi connectivity index (χ3v) is 6.81. The fraction of sp³-hybridized carbons (Fsp3) is 0.346. The van der Waals surface area contributed by atoms with Crippen LogP contribution in [0, 0.1) is 0 Å². The van der Waals surface area contributed by atoms with Gasteiger partial charge in [-0.15, -0.1) is 0 Å². The van der Waals surface area contributed by atoms with E-state index in [-0.39, 0.29) is 11.6 Å². The van der Waals surface area contributed by atoms with Gasteiger partial charge in [0, 0.05) is 43.2 Å². The second-order valence-electron chi connectivity index (χ2n) is 8.79. The van der Waals surface area contributed by atoms with Crippen molar-refractivity contribution in [2.45, 2.75) is 45.8 Å². The Morgan fingerprint density at radius 2 is 1.82 bits per heavy atom. The second kappa shape index (κ2) is 8.48. The van der Waals surface area contributed by atoms with Crippen LogP contribution < -0.4 is 11.4 Å². The Balaban J connectivity index is 1.40. The van der Waals surface area contributed by atoms with Crippen LogP contribution in [0.5, 0.6) is 0 Å². The molecule has 7 nitrogen and oxygen atoms in total. The number of fused-ring (bicyclic) bond motifs is 2. The van der Waals surface area contributed by atoms with E-state index in [0.29, 0.717) is 18.7 Å². The number of likely N-dealkylation sites (tertiary alicyclic amines) is 1. The van der Waals surface area contributed by atoms with Crippen LogP contribution in [-0.2, 0) is 19.6 Å². The van der Waals surface area contributed by atoms with Crippen molar-refractivity contribution < 1.29 is 4.79 Å². The molecule has 3 heterocycles. The summed E-state index contributed by atoms with van der Waals surface area (Å²) in [6.07, 6.45) is 0.984. The molecule has 0 bridgehead atoms. The van der Waals surface area contributed by atoms with Crippen molar-refractivity contribution in [3.63, 3.8) is 0 Å². The average molecular weight is 444 g/mol. The predicted molar refractivity (Wildman–Crippen MR) is 130 cm³/mol. The Bertz CT molecular complexity index is 1420. The molecule has 1 aliphatic rings. The van der Waals surface area contributed by atoms with Crippen molar-refractivity contribution in [1.29, 1.82) is 0 Å². The molecule has 7 heteroatoms. The minimum absolute atomic E-state index is 0.0565. The molecule has 1 atom stereocenters. The van der Waals surface area contributed by atoms with Gasteiger partial charge in [0.15, 0.2) is 0 Å². The van der Waals surface area contributed by atoms with Crippen molar-refractivity contribution in [3.8, 4) is 0 Å². The number of rotatable bonds is 6. The van der Waals surface area contributed by atoms with E-state index in [1.807, 2.05) is 53.3 Å². The first-order valence-electron chi connectivity index (χ1n) is 11.6. The van der Waals surface area contributed by atoms with E-state index >= 15 is 0 Å². The van der Waals surface area contributed by atoms with Gasteiger partial charge in [-0.1, -0.05) is 24.3 Å². The van der Waals surface area contributed by atoms with Crippen LogP contribution in [0.4, 0.5) is 0 Å². The highest BCUT2D eigenvalue weighted by Gasteiger charge is 2.26. The minimum atomic E-state index is -0.418. The number of aryl methyl sites for hydroxylation is 2. The number of pyridine rings is 1. The summed E-state index contributed by atoms with van der Waals surface area (Å²) in [4.78, 5) is 32.0. The van der Waals surface area contributed by atoms with Gasteiger partial charge in [0.05, 0.1) is 22.1 Å². The standard InChI is InChI=1S/C26H29N5O2/c1-3-30-23-10-9-17(13-24(23)31(4-2)26(30)33)15-29-12-11-18(16-29)22-14-20(25(27)32)19-7-5-6-8-21(19)28-22/h5-10,13-14,18H,3-4,11-12,15-16H2,1-2H3,(H2,27,32)/t18-/m1/s1. The number of carbonyl (C=O) groups excluding carboxylic acids is 1. The second-order valence-corrected chi connectivity index (χ2v) is 8.79. The molecule has 1 saturated heterocycles. The largest absolute Gasteiger partial charge is 0.366 e.